The number of carbonyl (C=O) groups is 1. The Morgan fingerprint density at radius 3 is 2.42 bits per heavy atom. The van der Waals surface area contributed by atoms with E-state index in [4.69, 9.17) is 5.10 Å². The van der Waals surface area contributed by atoms with Gasteiger partial charge in [0, 0.05) is 31.6 Å². The molecule has 8 heteroatoms. The molecular weight excluding hydrogens is 454 g/mol. The second-order valence-corrected chi connectivity index (χ2v) is 9.72. The van der Waals surface area contributed by atoms with Gasteiger partial charge in [0.1, 0.15) is 6.04 Å². The summed E-state index contributed by atoms with van der Waals surface area (Å²) in [6, 6.07) is 8.99. The molecule has 8 nitrogen and oxygen atoms in total. The summed E-state index contributed by atoms with van der Waals surface area (Å²) in [4.78, 5) is 26.5. The van der Waals surface area contributed by atoms with Crippen LogP contribution in [-0.4, -0.2) is 49.1 Å². The van der Waals surface area contributed by atoms with Gasteiger partial charge >= 0.3 is 0 Å². The van der Waals surface area contributed by atoms with Crippen molar-refractivity contribution >= 4 is 5.91 Å². The minimum atomic E-state index is -0.686. The topological polar surface area (TPSA) is 93.2 Å². The highest BCUT2D eigenvalue weighted by atomic mass is 16.3. The summed E-state index contributed by atoms with van der Waals surface area (Å²) in [7, 11) is 1.65. The Morgan fingerprint density at radius 1 is 1.03 bits per heavy atom. The molecule has 0 bridgehead atoms. The maximum absolute atomic E-state index is 12.9. The van der Waals surface area contributed by atoms with Crippen molar-refractivity contribution < 1.29 is 9.90 Å². The van der Waals surface area contributed by atoms with E-state index in [1.807, 2.05) is 41.2 Å². The number of nitrogens with zero attached hydrogens (tertiary/aromatic N) is 5. The summed E-state index contributed by atoms with van der Waals surface area (Å²) in [6.07, 6.45) is 7.47. The Hall–Kier alpha value is -4.30. The number of aromatic hydroxyl groups is 1. The number of benzene rings is 1. The van der Waals surface area contributed by atoms with E-state index in [1.54, 1.807) is 7.05 Å². The highest BCUT2D eigenvalue weighted by Crippen LogP contribution is 2.36. The zero-order valence-corrected chi connectivity index (χ0v) is 19.9. The van der Waals surface area contributed by atoms with E-state index in [2.05, 4.69) is 28.8 Å². The van der Waals surface area contributed by atoms with Crippen LogP contribution in [-0.2, 0) is 0 Å². The third-order valence-electron chi connectivity index (χ3n) is 6.79. The summed E-state index contributed by atoms with van der Waals surface area (Å²) in [6.45, 7) is 0.312. The molecule has 1 aliphatic heterocycles. The predicted molar refractivity (Wildman–Crippen MR) is 132 cm³/mol. The van der Waals surface area contributed by atoms with Gasteiger partial charge in [-0.2, -0.15) is 10.2 Å². The number of hydrogen-bond donors (Lipinski definition) is 1. The number of fused-ring (bicyclic) bond motifs is 1. The Morgan fingerprint density at radius 2 is 1.72 bits per heavy atom. The fourth-order valence-electron chi connectivity index (χ4n) is 4.49. The number of hydrogen-bond acceptors (Lipinski definition) is 5. The van der Waals surface area contributed by atoms with Gasteiger partial charge in [-0.1, -0.05) is 48.1 Å². The molecule has 0 saturated heterocycles. The minimum absolute atomic E-state index is 0.114. The first-order valence-corrected chi connectivity index (χ1v) is 12.2. The lowest BCUT2D eigenvalue weighted by molar-refractivity contribution is 0.0667. The van der Waals surface area contributed by atoms with Crippen molar-refractivity contribution in [3.63, 3.8) is 0 Å². The minimum Gasteiger partial charge on any atom is -0.502 e. The molecule has 36 heavy (non-hydrogen) atoms. The van der Waals surface area contributed by atoms with Gasteiger partial charge < -0.3 is 10.0 Å². The van der Waals surface area contributed by atoms with Crippen LogP contribution in [0.25, 0.3) is 0 Å². The van der Waals surface area contributed by atoms with E-state index >= 15 is 0 Å². The smallest absolute Gasteiger partial charge is 0.275 e. The predicted octanol–water partition coefficient (Wildman–Crippen LogP) is 2.58. The number of rotatable bonds is 3. The third kappa shape index (κ3) is 4.16. The molecule has 2 saturated carbocycles. The second kappa shape index (κ2) is 8.73. The first-order valence-electron chi connectivity index (χ1n) is 12.2. The van der Waals surface area contributed by atoms with Crippen LogP contribution in [0.5, 0.6) is 5.75 Å². The molecule has 2 aliphatic carbocycles. The average Bonchev–Trinajstić information content (AvgIpc) is 3.82. The molecule has 6 rings (SSSR count). The lowest BCUT2D eigenvalue weighted by Crippen LogP contribution is -2.46. The standard InChI is InChI=1S/C28H25N5O3/c1-31-17-23(33-26(28(31)36)27(35)24(34)15-29-33)25(20-5-3-2-4-6-20)32-16-21(13-11-18-7-8-18)22(30-32)14-12-19-9-10-19/h2-6,15-16,18-19,23,25,35H,7-10,17H2,1H3/t23-,25+/m1/s1. The normalized spacial score (nSPS) is 19.5. The molecule has 0 radical (unpaired) electrons. The van der Waals surface area contributed by atoms with Crippen LogP contribution in [0.15, 0.2) is 47.5 Å². The van der Waals surface area contributed by atoms with Crippen LogP contribution in [0.1, 0.15) is 65.1 Å². The number of amides is 1. The van der Waals surface area contributed by atoms with Gasteiger partial charge in [0.15, 0.2) is 17.1 Å². The molecule has 2 atom stereocenters. The molecule has 2 aromatic heterocycles. The van der Waals surface area contributed by atoms with Crippen LogP contribution in [0, 0.1) is 35.5 Å². The Balaban J connectivity index is 1.51. The highest BCUT2D eigenvalue weighted by Gasteiger charge is 2.39. The first-order chi connectivity index (χ1) is 17.5. The molecule has 3 aliphatic rings. The summed E-state index contributed by atoms with van der Waals surface area (Å²) < 4.78 is 3.31. The van der Waals surface area contributed by atoms with Gasteiger partial charge in [0.25, 0.3) is 5.91 Å². The molecule has 0 spiro atoms. The number of carbonyl (C=O) groups excluding carboxylic acids is 1. The van der Waals surface area contributed by atoms with Crippen molar-refractivity contribution in [2.45, 2.75) is 37.8 Å². The van der Waals surface area contributed by atoms with Gasteiger partial charge in [-0.25, -0.2) is 4.68 Å². The zero-order valence-electron chi connectivity index (χ0n) is 19.9. The monoisotopic (exact) mass is 479 g/mol. The maximum Gasteiger partial charge on any atom is 0.275 e. The van der Waals surface area contributed by atoms with Gasteiger partial charge in [0.2, 0.25) is 5.43 Å². The van der Waals surface area contributed by atoms with Gasteiger partial charge in [-0.15, -0.1) is 0 Å². The van der Waals surface area contributed by atoms with Crippen molar-refractivity contribution in [1.82, 2.24) is 24.5 Å². The summed E-state index contributed by atoms with van der Waals surface area (Å²) in [5.74, 6) is 13.0. The van der Waals surface area contributed by atoms with E-state index in [0.29, 0.717) is 24.1 Å². The lowest BCUT2D eigenvalue weighted by atomic mass is 9.97. The lowest BCUT2D eigenvalue weighted by Gasteiger charge is -2.37. The van der Waals surface area contributed by atoms with E-state index in [9.17, 15) is 14.7 Å². The van der Waals surface area contributed by atoms with Crippen LogP contribution in [0.3, 0.4) is 0 Å². The first kappa shape index (κ1) is 22.2. The molecular formula is C28H25N5O3. The van der Waals surface area contributed by atoms with Gasteiger partial charge in [-0.3, -0.25) is 14.3 Å². The van der Waals surface area contributed by atoms with Crippen molar-refractivity contribution in [3.05, 3.63) is 75.5 Å². The third-order valence-corrected chi connectivity index (χ3v) is 6.79. The average molecular weight is 480 g/mol. The van der Waals surface area contributed by atoms with Crippen LogP contribution >= 0.6 is 0 Å². The van der Waals surface area contributed by atoms with Crippen molar-refractivity contribution in [2.24, 2.45) is 11.8 Å². The number of aromatic nitrogens is 4. The van der Waals surface area contributed by atoms with Gasteiger partial charge in [0.05, 0.1) is 17.8 Å². The van der Waals surface area contributed by atoms with Crippen molar-refractivity contribution in [3.8, 4) is 29.4 Å². The molecule has 0 unspecified atom stereocenters. The Kier molecular flexibility index (Phi) is 5.38. The van der Waals surface area contributed by atoms with E-state index in [1.165, 1.54) is 9.58 Å². The number of likely N-dealkylation sites (N-methyl/N-ethyl adjacent to an activating group) is 1. The molecule has 180 valence electrons. The Labute approximate surface area is 208 Å². The van der Waals surface area contributed by atoms with Crippen molar-refractivity contribution in [2.75, 3.05) is 13.6 Å². The highest BCUT2D eigenvalue weighted by molar-refractivity contribution is 5.95. The van der Waals surface area contributed by atoms with Crippen LogP contribution < -0.4 is 5.43 Å². The molecule has 3 heterocycles. The fraction of sp³-hybridized carbons (Fsp3) is 0.357. The van der Waals surface area contributed by atoms with Gasteiger partial charge in [-0.05, 0) is 37.2 Å². The summed E-state index contributed by atoms with van der Waals surface area (Å²) in [5.41, 5.74) is 1.58. The fourth-order valence-corrected chi connectivity index (χ4v) is 4.49. The molecule has 2 fully saturated rings. The van der Waals surface area contributed by atoms with Crippen LogP contribution in [0.4, 0.5) is 0 Å². The van der Waals surface area contributed by atoms with E-state index in [-0.39, 0.29) is 5.69 Å². The quantitative estimate of drug-likeness (QED) is 0.583. The molecule has 3 aromatic rings. The Bertz CT molecular complexity index is 1480. The summed E-state index contributed by atoms with van der Waals surface area (Å²) in [5, 5.41) is 19.7. The maximum atomic E-state index is 12.9. The van der Waals surface area contributed by atoms with Crippen molar-refractivity contribution in [1.29, 1.82) is 0 Å². The van der Waals surface area contributed by atoms with E-state index < -0.39 is 29.2 Å². The molecule has 1 amide bonds. The van der Waals surface area contributed by atoms with Crippen LogP contribution in [0.2, 0.25) is 0 Å². The second-order valence-electron chi connectivity index (χ2n) is 9.72. The summed E-state index contributed by atoms with van der Waals surface area (Å²) >= 11 is 0. The SMILES string of the molecule is CN1C[C@H]([C@H](c2ccccc2)n2cc(C#CC3CC3)c(C#CC3CC3)n2)n2ncc(=O)c(O)c2C1=O. The zero-order chi connectivity index (χ0) is 24.8. The molecule has 1 N–H and O–H groups in total. The largest absolute Gasteiger partial charge is 0.502 e. The molecule has 1 aromatic carbocycles. The van der Waals surface area contributed by atoms with E-state index in [0.717, 1.165) is 43.0 Å².